The number of hydrogen-bond acceptors (Lipinski definition) is 7. The van der Waals surface area contributed by atoms with Gasteiger partial charge in [0.15, 0.2) is 14.6 Å². The van der Waals surface area contributed by atoms with Crippen molar-refractivity contribution < 1.29 is 27.9 Å². The van der Waals surface area contributed by atoms with Gasteiger partial charge in [-0.05, 0) is 83.5 Å². The minimum absolute atomic E-state index is 0.0353. The van der Waals surface area contributed by atoms with E-state index in [-0.39, 0.29) is 11.3 Å². The number of hydroxylamine groups is 1. The van der Waals surface area contributed by atoms with Crippen molar-refractivity contribution in [2.45, 2.75) is 69.7 Å². The number of amides is 1. The molecule has 2 aromatic rings. The first-order chi connectivity index (χ1) is 16.5. The molecule has 0 heterocycles. The largest absolute Gasteiger partial charge is 0.494 e. The highest BCUT2D eigenvalue weighted by molar-refractivity contribution is 7.93. The van der Waals surface area contributed by atoms with Gasteiger partial charge < -0.3 is 9.47 Å². The van der Waals surface area contributed by atoms with Gasteiger partial charge >= 0.3 is 0 Å². The molecule has 0 spiro atoms. The van der Waals surface area contributed by atoms with Crippen LogP contribution in [0.25, 0.3) is 0 Å². The van der Waals surface area contributed by atoms with Crippen LogP contribution in [0.4, 0.5) is 0 Å². The molecule has 0 saturated heterocycles. The van der Waals surface area contributed by atoms with Crippen LogP contribution < -0.4 is 15.0 Å². The molecule has 2 rings (SSSR count). The van der Waals surface area contributed by atoms with Crippen LogP contribution >= 0.6 is 0 Å². The predicted octanol–water partition coefficient (Wildman–Crippen LogP) is 3.86. The average Bonchev–Trinajstić information content (AvgIpc) is 2.82. The smallest absolute Gasteiger partial charge is 0.265 e. The van der Waals surface area contributed by atoms with E-state index in [4.69, 9.17) is 9.47 Å². The van der Waals surface area contributed by atoms with Crippen molar-refractivity contribution in [2.24, 2.45) is 0 Å². The second kappa shape index (κ2) is 12.4. The first-order valence-corrected chi connectivity index (χ1v) is 13.3. The van der Waals surface area contributed by atoms with Crippen LogP contribution in [-0.4, -0.2) is 61.0 Å². The molecule has 0 aliphatic carbocycles. The zero-order chi connectivity index (χ0) is 26.2. The second-order valence-electron chi connectivity index (χ2n) is 9.17. The fraction of sp³-hybridized carbons (Fsp3) is 0.500. The van der Waals surface area contributed by atoms with E-state index in [1.807, 2.05) is 6.92 Å². The monoisotopic (exact) mass is 506 g/mol. The summed E-state index contributed by atoms with van der Waals surface area (Å²) in [6, 6.07) is 13.7. The fourth-order valence-corrected chi connectivity index (χ4v) is 5.69. The summed E-state index contributed by atoms with van der Waals surface area (Å²) in [5.41, 5.74) is 2.14. The number of rotatable bonds is 13. The third-order valence-electron chi connectivity index (χ3n) is 6.03. The van der Waals surface area contributed by atoms with Gasteiger partial charge in [-0.2, -0.15) is 0 Å². The molecule has 0 aromatic heterocycles. The van der Waals surface area contributed by atoms with E-state index < -0.39 is 20.5 Å². The highest BCUT2D eigenvalue weighted by atomic mass is 32.2. The summed E-state index contributed by atoms with van der Waals surface area (Å²) in [6.07, 6.45) is -0.135. The molecule has 0 saturated carbocycles. The van der Waals surface area contributed by atoms with Crippen molar-refractivity contribution >= 4 is 15.7 Å². The summed E-state index contributed by atoms with van der Waals surface area (Å²) in [4.78, 5) is 14.9. The van der Waals surface area contributed by atoms with E-state index in [1.165, 1.54) is 24.5 Å². The molecule has 1 atom stereocenters. The predicted molar refractivity (Wildman–Crippen MR) is 136 cm³/mol. The minimum atomic E-state index is -4.16. The topological polar surface area (TPSA) is 105 Å². The SMILES string of the molecule is CCOc1ccc(S(=O)(=O)C(C)(Cc2ccc(OCCN(C(C)C)C(C)C)cc2)C(=O)NO)cc1. The second-order valence-corrected chi connectivity index (χ2v) is 11.6. The van der Waals surface area contributed by atoms with E-state index in [2.05, 4.69) is 32.6 Å². The average molecular weight is 507 g/mol. The Morgan fingerprint density at radius 1 is 0.971 bits per heavy atom. The van der Waals surface area contributed by atoms with E-state index in [0.717, 1.165) is 6.54 Å². The Hall–Kier alpha value is -2.62. The molecule has 0 bridgehead atoms. The first-order valence-electron chi connectivity index (χ1n) is 11.9. The zero-order valence-electron chi connectivity index (χ0n) is 21.4. The van der Waals surface area contributed by atoms with Crippen LogP contribution in [0.1, 0.15) is 47.1 Å². The molecule has 0 aliphatic heterocycles. The van der Waals surface area contributed by atoms with Crippen molar-refractivity contribution in [3.8, 4) is 11.5 Å². The molecule has 194 valence electrons. The van der Waals surface area contributed by atoms with Gasteiger partial charge in [0.25, 0.3) is 5.91 Å². The normalized spacial score (nSPS) is 13.7. The number of carbonyl (C=O) groups excluding carboxylic acids is 1. The highest BCUT2D eigenvalue weighted by Crippen LogP contribution is 2.31. The lowest BCUT2D eigenvalue weighted by Gasteiger charge is -2.30. The molecule has 0 fully saturated rings. The van der Waals surface area contributed by atoms with Crippen LogP contribution in [-0.2, 0) is 21.1 Å². The van der Waals surface area contributed by atoms with Crippen molar-refractivity contribution in [3.63, 3.8) is 0 Å². The number of ether oxygens (including phenoxy) is 2. The van der Waals surface area contributed by atoms with Crippen molar-refractivity contribution in [1.29, 1.82) is 0 Å². The highest BCUT2D eigenvalue weighted by Gasteiger charge is 2.47. The standard InChI is InChI=1S/C26H38N2O6S/c1-7-33-22-12-14-24(15-13-22)35(31,32)26(6,25(29)27-30)18-21-8-10-23(11-9-21)34-17-16-28(19(2)3)20(4)5/h8-15,19-20,30H,7,16-18H2,1-6H3,(H,27,29). The molecule has 9 heteroatoms. The molecular weight excluding hydrogens is 468 g/mol. The van der Waals surface area contributed by atoms with Crippen LogP contribution in [0.2, 0.25) is 0 Å². The molecule has 0 aliphatic rings. The van der Waals surface area contributed by atoms with Crippen LogP contribution in [0.3, 0.4) is 0 Å². The maximum atomic E-state index is 13.5. The van der Waals surface area contributed by atoms with Gasteiger partial charge in [0.2, 0.25) is 0 Å². The molecule has 2 aromatic carbocycles. The van der Waals surface area contributed by atoms with Gasteiger partial charge in [-0.3, -0.25) is 14.9 Å². The van der Waals surface area contributed by atoms with E-state index in [9.17, 15) is 18.4 Å². The number of sulfone groups is 1. The maximum absolute atomic E-state index is 13.5. The van der Waals surface area contributed by atoms with Crippen LogP contribution in [0, 0.1) is 0 Å². The Bertz CT molecular complexity index is 1040. The fourth-order valence-electron chi connectivity index (χ4n) is 4.03. The summed E-state index contributed by atoms with van der Waals surface area (Å²) >= 11 is 0. The summed E-state index contributed by atoms with van der Waals surface area (Å²) in [7, 11) is -4.16. The van der Waals surface area contributed by atoms with E-state index in [1.54, 1.807) is 36.4 Å². The number of hydrogen-bond donors (Lipinski definition) is 2. The Morgan fingerprint density at radius 2 is 1.49 bits per heavy atom. The lowest BCUT2D eigenvalue weighted by molar-refractivity contribution is -0.131. The summed E-state index contributed by atoms with van der Waals surface area (Å²) in [6.45, 7) is 13.5. The molecule has 35 heavy (non-hydrogen) atoms. The molecule has 1 amide bonds. The molecule has 0 radical (unpaired) electrons. The lowest BCUT2D eigenvalue weighted by Crippen LogP contribution is -2.51. The van der Waals surface area contributed by atoms with Gasteiger partial charge in [-0.15, -0.1) is 0 Å². The number of nitrogens with one attached hydrogen (secondary N) is 1. The zero-order valence-corrected chi connectivity index (χ0v) is 22.3. The Morgan fingerprint density at radius 3 is 1.97 bits per heavy atom. The number of carbonyl (C=O) groups is 1. The summed E-state index contributed by atoms with van der Waals surface area (Å²) < 4.78 is 36.2. The molecule has 1 unspecified atom stereocenters. The Kier molecular flexibility index (Phi) is 10.1. The van der Waals surface area contributed by atoms with Crippen molar-refractivity contribution in [3.05, 3.63) is 54.1 Å². The van der Waals surface area contributed by atoms with Gasteiger partial charge in [0.1, 0.15) is 18.1 Å². The van der Waals surface area contributed by atoms with E-state index >= 15 is 0 Å². The first kappa shape index (κ1) is 28.6. The third-order valence-corrected chi connectivity index (χ3v) is 8.44. The van der Waals surface area contributed by atoms with E-state index in [0.29, 0.717) is 42.4 Å². The van der Waals surface area contributed by atoms with Crippen molar-refractivity contribution in [2.75, 3.05) is 19.8 Å². The third kappa shape index (κ3) is 6.96. The minimum Gasteiger partial charge on any atom is -0.494 e. The van der Waals surface area contributed by atoms with Gasteiger partial charge in [-0.1, -0.05) is 12.1 Å². The Labute approximate surface area is 209 Å². The van der Waals surface area contributed by atoms with Gasteiger partial charge in [0, 0.05) is 25.0 Å². The molecule has 2 N–H and O–H groups in total. The lowest BCUT2D eigenvalue weighted by atomic mass is 9.99. The maximum Gasteiger partial charge on any atom is 0.265 e. The van der Waals surface area contributed by atoms with Crippen molar-refractivity contribution in [1.82, 2.24) is 10.4 Å². The molecule has 8 nitrogen and oxygen atoms in total. The Balaban J connectivity index is 2.19. The summed E-state index contributed by atoms with van der Waals surface area (Å²) in [5, 5.41) is 9.33. The van der Waals surface area contributed by atoms with Crippen LogP contribution in [0.15, 0.2) is 53.4 Å². The summed E-state index contributed by atoms with van der Waals surface area (Å²) in [5.74, 6) is 0.179. The molecular formula is C26H38N2O6S. The number of nitrogens with zero attached hydrogens (tertiary/aromatic N) is 1. The van der Waals surface area contributed by atoms with Gasteiger partial charge in [-0.25, -0.2) is 13.9 Å². The van der Waals surface area contributed by atoms with Crippen LogP contribution in [0.5, 0.6) is 11.5 Å². The number of benzene rings is 2. The quantitative estimate of drug-likeness (QED) is 0.314. The van der Waals surface area contributed by atoms with Gasteiger partial charge in [0.05, 0.1) is 11.5 Å².